The van der Waals surface area contributed by atoms with Gasteiger partial charge in [-0.25, -0.2) is 0 Å². The molecule has 0 aromatic heterocycles. The van der Waals surface area contributed by atoms with E-state index in [1.807, 2.05) is 0 Å². The molecule has 0 nitrogen and oxygen atoms in total. The molecule has 0 spiro atoms. The summed E-state index contributed by atoms with van der Waals surface area (Å²) in [6.45, 7) is 12.5. The van der Waals surface area contributed by atoms with E-state index in [9.17, 15) is 0 Å². The second kappa shape index (κ2) is 4.37. The van der Waals surface area contributed by atoms with Gasteiger partial charge >= 0.3 is 0 Å². The van der Waals surface area contributed by atoms with Crippen LogP contribution < -0.4 is 0 Å². The second-order valence-electron chi connectivity index (χ2n) is 8.54. The van der Waals surface area contributed by atoms with E-state index in [0.717, 1.165) is 23.7 Å². The Kier molecular flexibility index (Phi) is 3.15. The van der Waals surface area contributed by atoms with Gasteiger partial charge < -0.3 is 0 Å². The molecule has 5 atom stereocenters. The van der Waals surface area contributed by atoms with Crippen molar-refractivity contribution in [3.05, 3.63) is 11.6 Å². The van der Waals surface area contributed by atoms with Crippen LogP contribution in [-0.2, 0) is 0 Å². The van der Waals surface area contributed by atoms with Crippen LogP contribution >= 0.6 is 0 Å². The van der Waals surface area contributed by atoms with E-state index in [4.69, 9.17) is 0 Å². The third-order valence-corrected chi connectivity index (χ3v) is 7.07. The van der Waals surface area contributed by atoms with Gasteiger partial charge in [-0.05, 0) is 73.0 Å². The molecule has 0 radical (unpaired) electrons. The zero-order valence-corrected chi connectivity index (χ0v) is 13.6. The summed E-state index contributed by atoms with van der Waals surface area (Å²) in [4.78, 5) is 0. The van der Waals surface area contributed by atoms with Crippen LogP contribution in [0.15, 0.2) is 11.6 Å². The smallest absolute Gasteiger partial charge is 0.0178 e. The number of fused-ring (bicyclic) bond motifs is 2. The van der Waals surface area contributed by atoms with Gasteiger partial charge in [0.25, 0.3) is 0 Å². The van der Waals surface area contributed by atoms with Gasteiger partial charge in [0.2, 0.25) is 0 Å². The molecule has 0 aromatic rings. The van der Waals surface area contributed by atoms with Crippen LogP contribution in [0.1, 0.15) is 73.1 Å². The van der Waals surface area contributed by atoms with Crippen LogP contribution in [0.25, 0.3) is 0 Å². The van der Waals surface area contributed by atoms with Crippen molar-refractivity contribution >= 4 is 0 Å². The van der Waals surface area contributed by atoms with Crippen molar-refractivity contribution in [2.24, 2.45) is 34.5 Å². The first-order valence-electron chi connectivity index (χ1n) is 8.60. The number of rotatable bonds is 2. The standard InChI is InChI=1S/C19H32/c1-6-7-15-10-18(5)9-14(4)17-8-16(17)12-19(18,11-15)13(2)3/h7,13-14,16-17H,6,8-12H2,1-5H3/b15-7+. The lowest BCUT2D eigenvalue weighted by atomic mass is 9.57. The van der Waals surface area contributed by atoms with Gasteiger partial charge in [0.1, 0.15) is 0 Å². The summed E-state index contributed by atoms with van der Waals surface area (Å²) < 4.78 is 0. The number of hydrogen-bond donors (Lipinski definition) is 0. The molecule has 0 heterocycles. The molecule has 3 aliphatic carbocycles. The summed E-state index contributed by atoms with van der Waals surface area (Å²) >= 11 is 0. The normalized spacial score (nSPS) is 51.1. The third-order valence-electron chi connectivity index (χ3n) is 7.07. The highest BCUT2D eigenvalue weighted by molar-refractivity contribution is 5.23. The van der Waals surface area contributed by atoms with E-state index in [-0.39, 0.29) is 0 Å². The Bertz CT molecular complexity index is 391. The van der Waals surface area contributed by atoms with Crippen LogP contribution in [0.4, 0.5) is 0 Å². The topological polar surface area (TPSA) is 0 Å². The predicted molar refractivity (Wildman–Crippen MR) is 83.0 cm³/mol. The minimum Gasteiger partial charge on any atom is -0.0856 e. The maximum absolute atomic E-state index is 2.63. The molecule has 0 amide bonds. The first kappa shape index (κ1) is 13.7. The average molecular weight is 260 g/mol. The molecule has 5 unspecified atom stereocenters. The lowest BCUT2D eigenvalue weighted by Crippen LogP contribution is -2.40. The molecule has 0 N–H and O–H groups in total. The summed E-state index contributed by atoms with van der Waals surface area (Å²) in [5.41, 5.74) is 2.97. The van der Waals surface area contributed by atoms with Gasteiger partial charge in [0, 0.05) is 0 Å². The van der Waals surface area contributed by atoms with Crippen molar-refractivity contribution < 1.29 is 0 Å². The Balaban J connectivity index is 1.99. The summed E-state index contributed by atoms with van der Waals surface area (Å²) in [6.07, 6.45) is 11.1. The molecule has 3 rings (SSSR count). The Morgan fingerprint density at radius 1 is 1.26 bits per heavy atom. The Labute approximate surface area is 120 Å². The molecular weight excluding hydrogens is 228 g/mol. The van der Waals surface area contributed by atoms with Gasteiger partial charge in [0.15, 0.2) is 0 Å². The summed E-state index contributed by atoms with van der Waals surface area (Å²) in [7, 11) is 0. The highest BCUT2D eigenvalue weighted by atomic mass is 14.7. The zero-order valence-electron chi connectivity index (χ0n) is 13.6. The van der Waals surface area contributed by atoms with Crippen molar-refractivity contribution in [1.82, 2.24) is 0 Å². The molecule has 19 heavy (non-hydrogen) atoms. The molecule has 108 valence electrons. The van der Waals surface area contributed by atoms with Crippen LogP contribution in [-0.4, -0.2) is 0 Å². The number of allylic oxidation sites excluding steroid dienone is 2. The minimum atomic E-state index is 0.578. The zero-order chi connectivity index (χ0) is 13.8. The maximum atomic E-state index is 2.63. The summed E-state index contributed by atoms with van der Waals surface area (Å²) in [5.74, 6) is 3.96. The van der Waals surface area contributed by atoms with E-state index in [1.54, 1.807) is 12.0 Å². The van der Waals surface area contributed by atoms with Crippen molar-refractivity contribution in [2.45, 2.75) is 73.1 Å². The highest BCUT2D eigenvalue weighted by Gasteiger charge is 2.61. The molecule has 3 saturated carbocycles. The quantitative estimate of drug-likeness (QED) is 0.548. The molecule has 0 saturated heterocycles. The van der Waals surface area contributed by atoms with E-state index >= 15 is 0 Å². The number of hydrogen-bond acceptors (Lipinski definition) is 0. The predicted octanol–water partition coefficient (Wildman–Crippen LogP) is 5.83. The SMILES string of the molecule is CC/C=C1\CC2(C)CC(C)C3CC3CC2(C(C)C)C1. The lowest BCUT2D eigenvalue weighted by Gasteiger charge is -2.47. The molecule has 3 fully saturated rings. The average Bonchev–Trinajstić information content (AvgIpc) is 3.01. The Hall–Kier alpha value is -0.260. The molecular formula is C19H32. The van der Waals surface area contributed by atoms with Crippen LogP contribution in [0, 0.1) is 34.5 Å². The largest absolute Gasteiger partial charge is 0.0856 e. The van der Waals surface area contributed by atoms with E-state index < -0.39 is 0 Å². The first-order valence-corrected chi connectivity index (χ1v) is 8.60. The fourth-order valence-electron chi connectivity index (χ4n) is 6.05. The molecule has 0 aliphatic heterocycles. The molecule has 3 aliphatic rings. The summed E-state index contributed by atoms with van der Waals surface area (Å²) in [5, 5.41) is 0. The van der Waals surface area contributed by atoms with Crippen molar-refractivity contribution in [3.63, 3.8) is 0 Å². The van der Waals surface area contributed by atoms with Gasteiger partial charge in [0.05, 0.1) is 0 Å². The van der Waals surface area contributed by atoms with Crippen molar-refractivity contribution in [2.75, 3.05) is 0 Å². The third kappa shape index (κ3) is 1.93. The molecule has 0 heteroatoms. The van der Waals surface area contributed by atoms with Crippen LogP contribution in [0.2, 0.25) is 0 Å². The monoisotopic (exact) mass is 260 g/mol. The lowest BCUT2D eigenvalue weighted by molar-refractivity contribution is 0.0135. The summed E-state index contributed by atoms with van der Waals surface area (Å²) in [6, 6.07) is 0. The fraction of sp³-hybridized carbons (Fsp3) is 0.895. The van der Waals surface area contributed by atoms with E-state index in [2.05, 4.69) is 40.7 Å². The van der Waals surface area contributed by atoms with Crippen molar-refractivity contribution in [3.8, 4) is 0 Å². The van der Waals surface area contributed by atoms with Gasteiger partial charge in [-0.3, -0.25) is 0 Å². The Morgan fingerprint density at radius 3 is 2.63 bits per heavy atom. The maximum Gasteiger partial charge on any atom is -0.0178 e. The fourth-order valence-corrected chi connectivity index (χ4v) is 6.05. The van der Waals surface area contributed by atoms with Gasteiger partial charge in [-0.1, -0.05) is 46.3 Å². The minimum absolute atomic E-state index is 0.578. The van der Waals surface area contributed by atoms with Crippen LogP contribution in [0.5, 0.6) is 0 Å². The highest BCUT2D eigenvalue weighted by Crippen LogP contribution is 2.70. The second-order valence-corrected chi connectivity index (χ2v) is 8.54. The van der Waals surface area contributed by atoms with E-state index in [0.29, 0.717) is 10.8 Å². The first-order chi connectivity index (χ1) is 8.92. The van der Waals surface area contributed by atoms with E-state index in [1.165, 1.54) is 32.1 Å². The van der Waals surface area contributed by atoms with Gasteiger partial charge in [-0.2, -0.15) is 0 Å². The van der Waals surface area contributed by atoms with Crippen LogP contribution in [0.3, 0.4) is 0 Å². The Morgan fingerprint density at radius 2 is 2.00 bits per heavy atom. The van der Waals surface area contributed by atoms with Crippen molar-refractivity contribution in [1.29, 1.82) is 0 Å². The van der Waals surface area contributed by atoms with Gasteiger partial charge in [-0.15, -0.1) is 0 Å². The molecule has 0 bridgehead atoms. The molecule has 0 aromatic carbocycles.